The van der Waals surface area contributed by atoms with E-state index in [4.69, 9.17) is 27.4 Å². The van der Waals surface area contributed by atoms with Crippen LogP contribution in [0.3, 0.4) is 0 Å². The molecule has 0 aromatic rings. The van der Waals surface area contributed by atoms with E-state index in [9.17, 15) is 4.79 Å². The van der Waals surface area contributed by atoms with Crippen LogP contribution in [0, 0.1) is 0 Å². The van der Waals surface area contributed by atoms with E-state index in [0.717, 1.165) is 0 Å². The average molecular weight is 274 g/mol. The summed E-state index contributed by atoms with van der Waals surface area (Å²) in [6, 6.07) is 0. The van der Waals surface area contributed by atoms with Gasteiger partial charge in [0, 0.05) is 39.6 Å². The number of amides is 1. The number of carbonyl (C=O) groups is 1. The highest BCUT2D eigenvalue weighted by Gasteiger charge is 2.38. The quantitative estimate of drug-likeness (QED) is 0.571. The van der Waals surface area contributed by atoms with Gasteiger partial charge in [0.1, 0.15) is 10.6 Å². The Bertz CT molecular complexity index is 302. The van der Waals surface area contributed by atoms with Crippen LogP contribution in [-0.4, -0.2) is 54.8 Å². The van der Waals surface area contributed by atoms with Gasteiger partial charge in [0.2, 0.25) is 5.91 Å². The third-order valence-electron chi connectivity index (χ3n) is 3.43. The predicted octanol–water partition coefficient (Wildman–Crippen LogP) is 0.707. The number of nitrogens with zero attached hydrogens (tertiary/aromatic N) is 1. The van der Waals surface area contributed by atoms with Gasteiger partial charge in [-0.2, -0.15) is 0 Å². The van der Waals surface area contributed by atoms with Crippen molar-refractivity contribution in [2.75, 3.05) is 33.4 Å². The largest absolute Gasteiger partial charge is 0.391 e. The van der Waals surface area contributed by atoms with Crippen molar-refractivity contribution in [2.24, 2.45) is 5.73 Å². The molecule has 1 aliphatic rings. The molecule has 0 atom stereocenters. The summed E-state index contributed by atoms with van der Waals surface area (Å²) in [6.45, 7) is 4.31. The molecule has 0 saturated carbocycles. The molecule has 18 heavy (non-hydrogen) atoms. The smallest absolute Gasteiger partial charge is 0.224 e. The van der Waals surface area contributed by atoms with E-state index in [0.29, 0.717) is 50.6 Å². The fourth-order valence-electron chi connectivity index (χ4n) is 2.13. The normalized spacial score (nSPS) is 18.7. The molecule has 104 valence electrons. The zero-order valence-corrected chi connectivity index (χ0v) is 11.9. The first-order valence-electron chi connectivity index (χ1n) is 6.26. The fourth-order valence-corrected chi connectivity index (χ4v) is 2.42. The lowest BCUT2D eigenvalue weighted by Crippen LogP contribution is -2.53. The van der Waals surface area contributed by atoms with Crippen molar-refractivity contribution in [1.29, 1.82) is 0 Å². The summed E-state index contributed by atoms with van der Waals surface area (Å²) in [7, 11) is 1.62. The maximum absolute atomic E-state index is 11.9. The minimum atomic E-state index is -0.536. The van der Waals surface area contributed by atoms with Gasteiger partial charge < -0.3 is 20.1 Å². The highest BCUT2D eigenvalue weighted by Crippen LogP contribution is 2.26. The molecule has 1 rings (SSSR count). The second-order valence-corrected chi connectivity index (χ2v) is 4.83. The topological polar surface area (TPSA) is 64.8 Å². The van der Waals surface area contributed by atoms with Crippen molar-refractivity contribution in [1.82, 2.24) is 4.90 Å². The number of ether oxygens (including phenoxy) is 2. The molecule has 1 heterocycles. The lowest BCUT2D eigenvalue weighted by atomic mass is 9.91. The van der Waals surface area contributed by atoms with Gasteiger partial charge in [0.15, 0.2) is 0 Å². The standard InChI is InChI=1S/C12H22N2O3S/c1-3-17-9-4-10(15)14-7-5-12(16-2,6-8-14)11(13)18/h3-9H2,1-2H3,(H2,13,18). The summed E-state index contributed by atoms with van der Waals surface area (Å²) in [4.78, 5) is 14.1. The highest BCUT2D eigenvalue weighted by atomic mass is 32.1. The Morgan fingerprint density at radius 2 is 2.06 bits per heavy atom. The average Bonchev–Trinajstić information content (AvgIpc) is 2.38. The number of carbonyl (C=O) groups excluding carboxylic acids is 1. The van der Waals surface area contributed by atoms with E-state index >= 15 is 0 Å². The van der Waals surface area contributed by atoms with Gasteiger partial charge in [0.25, 0.3) is 0 Å². The lowest BCUT2D eigenvalue weighted by molar-refractivity contribution is -0.135. The minimum Gasteiger partial charge on any atom is -0.391 e. The number of rotatable bonds is 6. The maximum atomic E-state index is 11.9. The van der Waals surface area contributed by atoms with Crippen LogP contribution in [0.15, 0.2) is 0 Å². The molecule has 1 amide bonds. The molecule has 5 nitrogen and oxygen atoms in total. The maximum Gasteiger partial charge on any atom is 0.224 e. The van der Waals surface area contributed by atoms with E-state index in [1.54, 1.807) is 7.11 Å². The van der Waals surface area contributed by atoms with E-state index in [1.807, 2.05) is 11.8 Å². The number of piperidine rings is 1. The van der Waals surface area contributed by atoms with Crippen LogP contribution in [0.5, 0.6) is 0 Å². The molecule has 0 unspecified atom stereocenters. The number of methoxy groups -OCH3 is 1. The van der Waals surface area contributed by atoms with E-state index in [-0.39, 0.29) is 5.91 Å². The Morgan fingerprint density at radius 3 is 2.50 bits per heavy atom. The van der Waals surface area contributed by atoms with Crippen molar-refractivity contribution >= 4 is 23.1 Å². The van der Waals surface area contributed by atoms with Crippen molar-refractivity contribution in [2.45, 2.75) is 31.8 Å². The van der Waals surface area contributed by atoms with Crippen LogP contribution >= 0.6 is 12.2 Å². The molecule has 0 aromatic carbocycles. The number of likely N-dealkylation sites (tertiary alicyclic amines) is 1. The molecular formula is C12H22N2O3S. The second-order valence-electron chi connectivity index (χ2n) is 4.39. The molecule has 0 aliphatic carbocycles. The number of hydrogen-bond acceptors (Lipinski definition) is 4. The van der Waals surface area contributed by atoms with Crippen LogP contribution in [0.4, 0.5) is 0 Å². The monoisotopic (exact) mass is 274 g/mol. The van der Waals surface area contributed by atoms with Crippen LogP contribution in [-0.2, 0) is 14.3 Å². The lowest BCUT2D eigenvalue weighted by Gasteiger charge is -2.40. The molecule has 0 radical (unpaired) electrons. The molecule has 1 saturated heterocycles. The number of nitrogens with two attached hydrogens (primary N) is 1. The summed E-state index contributed by atoms with van der Waals surface area (Å²) in [5.41, 5.74) is 5.18. The Labute approximate surface area is 114 Å². The third-order valence-corrected chi connectivity index (χ3v) is 3.80. The first-order chi connectivity index (χ1) is 8.55. The Kier molecular flexibility index (Phi) is 5.98. The highest BCUT2D eigenvalue weighted by molar-refractivity contribution is 7.80. The first-order valence-corrected chi connectivity index (χ1v) is 6.67. The molecule has 0 spiro atoms. The molecule has 1 fully saturated rings. The zero-order chi connectivity index (χ0) is 13.6. The summed E-state index contributed by atoms with van der Waals surface area (Å²) in [5.74, 6) is 0.121. The van der Waals surface area contributed by atoms with Crippen LogP contribution in [0.25, 0.3) is 0 Å². The van der Waals surface area contributed by atoms with Gasteiger partial charge in [-0.25, -0.2) is 0 Å². The number of hydrogen-bond donors (Lipinski definition) is 1. The van der Waals surface area contributed by atoms with Crippen LogP contribution in [0.2, 0.25) is 0 Å². The van der Waals surface area contributed by atoms with Gasteiger partial charge in [-0.3, -0.25) is 4.79 Å². The predicted molar refractivity (Wildman–Crippen MR) is 73.4 cm³/mol. The van der Waals surface area contributed by atoms with Crippen molar-refractivity contribution in [3.8, 4) is 0 Å². The van der Waals surface area contributed by atoms with Gasteiger partial charge in [0.05, 0.1) is 13.0 Å². The van der Waals surface area contributed by atoms with E-state index < -0.39 is 5.60 Å². The van der Waals surface area contributed by atoms with Gasteiger partial charge >= 0.3 is 0 Å². The molecular weight excluding hydrogens is 252 g/mol. The van der Waals surface area contributed by atoms with Gasteiger partial charge in [-0.1, -0.05) is 12.2 Å². The minimum absolute atomic E-state index is 0.121. The van der Waals surface area contributed by atoms with Crippen molar-refractivity contribution in [3.05, 3.63) is 0 Å². The summed E-state index contributed by atoms with van der Waals surface area (Å²) in [6.07, 6.45) is 1.76. The molecule has 0 bridgehead atoms. The Morgan fingerprint density at radius 1 is 1.44 bits per heavy atom. The Balaban J connectivity index is 2.43. The number of thiocarbonyl (C=S) groups is 1. The molecule has 1 aliphatic heterocycles. The summed E-state index contributed by atoms with van der Waals surface area (Å²) < 4.78 is 10.6. The molecule has 2 N–H and O–H groups in total. The summed E-state index contributed by atoms with van der Waals surface area (Å²) >= 11 is 5.05. The van der Waals surface area contributed by atoms with E-state index in [2.05, 4.69) is 0 Å². The van der Waals surface area contributed by atoms with E-state index in [1.165, 1.54) is 0 Å². The third kappa shape index (κ3) is 3.63. The van der Waals surface area contributed by atoms with Crippen LogP contribution < -0.4 is 5.73 Å². The second kappa shape index (κ2) is 7.01. The van der Waals surface area contributed by atoms with Crippen molar-refractivity contribution < 1.29 is 14.3 Å². The summed E-state index contributed by atoms with van der Waals surface area (Å²) in [5, 5.41) is 0. The molecule has 0 aromatic heterocycles. The van der Waals surface area contributed by atoms with Crippen LogP contribution in [0.1, 0.15) is 26.2 Å². The van der Waals surface area contributed by atoms with Gasteiger partial charge in [-0.05, 0) is 6.92 Å². The van der Waals surface area contributed by atoms with Crippen molar-refractivity contribution in [3.63, 3.8) is 0 Å². The SMILES string of the molecule is CCOCCC(=O)N1CCC(OC)(C(N)=S)CC1. The molecule has 6 heteroatoms. The fraction of sp³-hybridized carbons (Fsp3) is 0.833. The van der Waals surface area contributed by atoms with Gasteiger partial charge in [-0.15, -0.1) is 0 Å². The zero-order valence-electron chi connectivity index (χ0n) is 11.1. The first kappa shape index (κ1) is 15.3. The Hall–Kier alpha value is -0.720.